The normalized spacial score (nSPS) is 31.4. The predicted octanol–water partition coefficient (Wildman–Crippen LogP) is 2.16. The van der Waals surface area contributed by atoms with Crippen LogP contribution in [0.15, 0.2) is 23.8 Å². The third-order valence-corrected chi connectivity index (χ3v) is 7.18. The number of ether oxygens (including phenoxy) is 2. The van der Waals surface area contributed by atoms with Crippen LogP contribution in [-0.4, -0.2) is 72.9 Å². The van der Waals surface area contributed by atoms with Crippen molar-refractivity contribution < 1.29 is 19.4 Å². The highest BCUT2D eigenvalue weighted by molar-refractivity contribution is 5.78. The minimum absolute atomic E-state index is 0.0200. The van der Waals surface area contributed by atoms with Crippen LogP contribution in [0.25, 0.3) is 6.08 Å². The van der Waals surface area contributed by atoms with Gasteiger partial charge >= 0.3 is 0 Å². The molecule has 29 heavy (non-hydrogen) atoms. The molecule has 5 rings (SSSR count). The molecule has 0 radical (unpaired) electrons. The summed E-state index contributed by atoms with van der Waals surface area (Å²) in [7, 11) is 1.68. The Morgan fingerprint density at radius 3 is 2.97 bits per heavy atom. The number of likely N-dealkylation sites (tertiary alicyclic amines) is 1. The van der Waals surface area contributed by atoms with E-state index in [4.69, 9.17) is 9.47 Å². The fourth-order valence-corrected chi connectivity index (χ4v) is 5.94. The maximum atomic E-state index is 12.6. The Kier molecular flexibility index (Phi) is 5.00. The molecule has 1 N–H and O–H groups in total. The molecule has 1 aromatic carbocycles. The summed E-state index contributed by atoms with van der Waals surface area (Å²) < 4.78 is 11.3. The van der Waals surface area contributed by atoms with Crippen LogP contribution in [0.3, 0.4) is 0 Å². The molecular weight excluding hydrogens is 368 g/mol. The van der Waals surface area contributed by atoms with Crippen molar-refractivity contribution in [1.82, 2.24) is 9.80 Å². The first-order valence-corrected chi connectivity index (χ1v) is 10.8. The van der Waals surface area contributed by atoms with Crippen LogP contribution in [0, 0.1) is 11.8 Å². The van der Waals surface area contributed by atoms with Crippen molar-refractivity contribution in [3.05, 3.63) is 29.3 Å². The van der Waals surface area contributed by atoms with E-state index in [-0.39, 0.29) is 18.6 Å². The Hall–Kier alpha value is -2.05. The van der Waals surface area contributed by atoms with Gasteiger partial charge in [-0.3, -0.25) is 9.69 Å². The van der Waals surface area contributed by atoms with Gasteiger partial charge in [0, 0.05) is 37.7 Å². The van der Waals surface area contributed by atoms with Crippen LogP contribution >= 0.6 is 0 Å². The van der Waals surface area contributed by atoms with Gasteiger partial charge in [0.05, 0.1) is 19.8 Å². The molecular formula is C23H30N2O4. The molecule has 0 spiro atoms. The summed E-state index contributed by atoms with van der Waals surface area (Å²) >= 11 is 0. The molecule has 1 aromatic rings. The molecule has 6 nitrogen and oxygen atoms in total. The molecule has 4 aliphatic heterocycles. The first kappa shape index (κ1) is 18.9. The average Bonchev–Trinajstić information content (AvgIpc) is 2.74. The quantitative estimate of drug-likeness (QED) is 0.842. The summed E-state index contributed by atoms with van der Waals surface area (Å²) in [6.07, 6.45) is 6.06. The molecule has 0 aliphatic carbocycles. The van der Waals surface area contributed by atoms with Crippen LogP contribution in [0.4, 0.5) is 0 Å². The summed E-state index contributed by atoms with van der Waals surface area (Å²) in [5.41, 5.74) is 2.34. The standard InChI is InChI=1S/C23H30N2O4/c1-28-19-5-6-22-16(9-19)7-15(14-29-22)10-24-11-17-8-18(12-24)21(13-26)25-20(17)3-2-4-23(25)27/h5-7,9,17-18,20-21,26H,2-4,8,10-14H2,1H3/t17-,18+,20+,21+/m1/s1. The first-order chi connectivity index (χ1) is 14.2. The van der Waals surface area contributed by atoms with Crippen molar-refractivity contribution in [3.8, 4) is 11.5 Å². The number of aliphatic hydroxyl groups excluding tert-OH is 1. The van der Waals surface area contributed by atoms with Crippen molar-refractivity contribution in [2.45, 2.75) is 37.8 Å². The molecule has 6 heteroatoms. The number of benzene rings is 1. The van der Waals surface area contributed by atoms with Gasteiger partial charge in [-0.15, -0.1) is 0 Å². The molecule has 1 amide bonds. The van der Waals surface area contributed by atoms with Crippen molar-refractivity contribution >= 4 is 12.0 Å². The van der Waals surface area contributed by atoms with Gasteiger partial charge in [-0.05, 0) is 60.9 Å². The number of nitrogens with zero attached hydrogens (tertiary/aromatic N) is 2. The number of methoxy groups -OCH3 is 1. The number of fused-ring (bicyclic) bond motifs is 5. The van der Waals surface area contributed by atoms with Crippen molar-refractivity contribution in [3.63, 3.8) is 0 Å². The number of hydrogen-bond donors (Lipinski definition) is 1. The molecule has 156 valence electrons. The highest BCUT2D eigenvalue weighted by atomic mass is 16.5. The minimum Gasteiger partial charge on any atom is -0.497 e. The van der Waals surface area contributed by atoms with Crippen LogP contribution < -0.4 is 9.47 Å². The van der Waals surface area contributed by atoms with E-state index in [9.17, 15) is 9.90 Å². The second-order valence-electron chi connectivity index (χ2n) is 8.96. The lowest BCUT2D eigenvalue weighted by atomic mass is 9.72. The summed E-state index contributed by atoms with van der Waals surface area (Å²) in [4.78, 5) is 17.1. The first-order valence-electron chi connectivity index (χ1n) is 10.8. The number of rotatable bonds is 4. The van der Waals surface area contributed by atoms with Gasteiger partial charge in [0.2, 0.25) is 5.91 Å². The van der Waals surface area contributed by atoms with E-state index in [0.717, 1.165) is 56.0 Å². The highest BCUT2D eigenvalue weighted by Gasteiger charge is 2.49. The number of hydrogen-bond acceptors (Lipinski definition) is 5. The minimum atomic E-state index is -0.0200. The predicted molar refractivity (Wildman–Crippen MR) is 110 cm³/mol. The van der Waals surface area contributed by atoms with E-state index in [1.54, 1.807) is 7.11 Å². The molecule has 4 heterocycles. The monoisotopic (exact) mass is 398 g/mol. The highest BCUT2D eigenvalue weighted by Crippen LogP contribution is 2.41. The van der Waals surface area contributed by atoms with Gasteiger partial charge in [0.1, 0.15) is 18.1 Å². The maximum absolute atomic E-state index is 12.6. The van der Waals surface area contributed by atoms with Crippen molar-refractivity contribution in [2.24, 2.45) is 11.8 Å². The van der Waals surface area contributed by atoms with Crippen LogP contribution in [0.5, 0.6) is 11.5 Å². The van der Waals surface area contributed by atoms with Gasteiger partial charge in [-0.25, -0.2) is 0 Å². The number of piperidine rings is 3. The number of amides is 1. The molecule has 0 aromatic heterocycles. The average molecular weight is 399 g/mol. The summed E-state index contributed by atoms with van der Waals surface area (Å²) in [5, 5.41) is 10.1. The van der Waals surface area contributed by atoms with Crippen molar-refractivity contribution in [2.75, 3.05) is 40.0 Å². The summed E-state index contributed by atoms with van der Waals surface area (Å²) in [5.74, 6) is 2.86. The lowest BCUT2D eigenvalue weighted by Gasteiger charge is -2.56. The Balaban J connectivity index is 1.33. The number of carbonyl (C=O) groups is 1. The van der Waals surface area contributed by atoms with Gasteiger partial charge < -0.3 is 19.5 Å². The van der Waals surface area contributed by atoms with Gasteiger partial charge in [0.15, 0.2) is 0 Å². The fraction of sp³-hybridized carbons (Fsp3) is 0.609. The summed E-state index contributed by atoms with van der Waals surface area (Å²) in [6, 6.07) is 6.19. The molecule has 2 bridgehead atoms. The topological polar surface area (TPSA) is 62.2 Å². The molecule has 4 aliphatic rings. The summed E-state index contributed by atoms with van der Waals surface area (Å²) in [6.45, 7) is 3.52. The van der Waals surface area contributed by atoms with Crippen LogP contribution in [0.2, 0.25) is 0 Å². The lowest BCUT2D eigenvalue weighted by Crippen LogP contribution is -2.66. The second kappa shape index (κ2) is 7.65. The second-order valence-corrected chi connectivity index (χ2v) is 8.96. The Labute approximate surface area is 172 Å². The van der Waals surface area contributed by atoms with Crippen molar-refractivity contribution in [1.29, 1.82) is 0 Å². The zero-order chi connectivity index (χ0) is 20.0. The lowest BCUT2D eigenvalue weighted by molar-refractivity contribution is -0.155. The van der Waals surface area contributed by atoms with Gasteiger partial charge in [0.25, 0.3) is 0 Å². The smallest absolute Gasteiger partial charge is 0.223 e. The molecule has 4 atom stereocenters. The fourth-order valence-electron chi connectivity index (χ4n) is 5.94. The third kappa shape index (κ3) is 3.42. The molecule has 0 unspecified atom stereocenters. The Bertz CT molecular complexity index is 809. The molecule has 3 fully saturated rings. The Morgan fingerprint density at radius 2 is 2.14 bits per heavy atom. The number of aliphatic hydroxyl groups is 1. The van der Waals surface area contributed by atoms with E-state index in [2.05, 4.69) is 15.9 Å². The van der Waals surface area contributed by atoms with E-state index in [0.29, 0.717) is 30.9 Å². The Morgan fingerprint density at radius 1 is 1.28 bits per heavy atom. The SMILES string of the molecule is COc1ccc2c(c1)C=C(CN1C[C@H]3C[C@@H](C1)[C@H](CO)N1C(=O)CCC[C@@H]31)CO2. The van der Waals surface area contributed by atoms with E-state index < -0.39 is 0 Å². The number of carbonyl (C=O) groups excluding carboxylic acids is 1. The van der Waals surface area contributed by atoms with E-state index in [1.165, 1.54) is 5.57 Å². The molecule has 3 saturated heterocycles. The van der Waals surface area contributed by atoms with Crippen LogP contribution in [-0.2, 0) is 4.79 Å². The van der Waals surface area contributed by atoms with Gasteiger partial charge in [-0.1, -0.05) is 0 Å². The van der Waals surface area contributed by atoms with E-state index in [1.807, 2.05) is 18.2 Å². The van der Waals surface area contributed by atoms with Gasteiger partial charge in [-0.2, -0.15) is 0 Å². The molecule has 0 saturated carbocycles. The maximum Gasteiger partial charge on any atom is 0.223 e. The largest absolute Gasteiger partial charge is 0.497 e. The zero-order valence-corrected chi connectivity index (χ0v) is 17.0. The zero-order valence-electron chi connectivity index (χ0n) is 17.0. The van der Waals surface area contributed by atoms with Crippen LogP contribution in [0.1, 0.15) is 31.2 Å². The third-order valence-electron chi connectivity index (χ3n) is 7.18. The van der Waals surface area contributed by atoms with E-state index >= 15 is 0 Å².